The van der Waals surface area contributed by atoms with Crippen LogP contribution in [0.4, 0.5) is 0 Å². The fourth-order valence-electron chi connectivity index (χ4n) is 0.510. The average Bonchev–Trinajstić information content (AvgIpc) is 1.76. The molecule has 6 heavy (non-hydrogen) atoms. The molecule has 0 bridgehead atoms. The molecule has 34 valence electrons. The zero-order valence-corrected chi connectivity index (χ0v) is 7.62. The predicted molar refractivity (Wildman–Crippen MR) is 25.8 cm³/mol. The standard InChI is InChI=1S/C4H8O.Pb/c1-2-4-5-3-1;/h1-4H2;. The number of ether oxygens (including phenoxy) is 1. The summed E-state index contributed by atoms with van der Waals surface area (Å²) in [5, 5.41) is 0. The minimum atomic E-state index is 0. The minimum absolute atomic E-state index is 0. The van der Waals surface area contributed by atoms with Crippen LogP contribution in [0.1, 0.15) is 12.8 Å². The first-order valence-corrected chi connectivity index (χ1v) is 2.08. The molecule has 4 radical (unpaired) electrons. The van der Waals surface area contributed by atoms with Gasteiger partial charge in [0.1, 0.15) is 0 Å². The number of hydrogen-bond acceptors (Lipinski definition) is 1. The fourth-order valence-corrected chi connectivity index (χ4v) is 0.510. The maximum absolute atomic E-state index is 4.94. The Hall–Kier alpha value is 0.882. The van der Waals surface area contributed by atoms with Crippen LogP contribution >= 0.6 is 0 Å². The third-order valence-corrected chi connectivity index (χ3v) is 0.827. The molecule has 0 amide bonds. The summed E-state index contributed by atoms with van der Waals surface area (Å²) in [5.41, 5.74) is 0. The van der Waals surface area contributed by atoms with Crippen LogP contribution in [-0.2, 0) is 4.74 Å². The van der Waals surface area contributed by atoms with Crippen LogP contribution < -0.4 is 0 Å². The molecule has 1 heterocycles. The Morgan fingerprint density at radius 2 is 1.50 bits per heavy atom. The van der Waals surface area contributed by atoms with Gasteiger partial charge in [-0.1, -0.05) is 0 Å². The third-order valence-electron chi connectivity index (χ3n) is 0.827. The number of hydrogen-bond donors (Lipinski definition) is 0. The molecule has 1 fully saturated rings. The van der Waals surface area contributed by atoms with Crippen molar-refractivity contribution < 1.29 is 4.74 Å². The maximum Gasteiger partial charge on any atom is 0.0466 e. The summed E-state index contributed by atoms with van der Waals surface area (Å²) in [5.74, 6) is 0. The summed E-state index contributed by atoms with van der Waals surface area (Å²) in [6, 6.07) is 0. The molecule has 0 unspecified atom stereocenters. The molecule has 0 aromatic rings. The second kappa shape index (κ2) is 4.05. The predicted octanol–water partition coefficient (Wildman–Crippen LogP) is 0.416. The van der Waals surface area contributed by atoms with Gasteiger partial charge < -0.3 is 4.74 Å². The first-order valence-electron chi connectivity index (χ1n) is 2.08. The van der Waals surface area contributed by atoms with Crippen LogP contribution in [-0.4, -0.2) is 40.5 Å². The molecular formula is C4H8OPb. The Balaban J connectivity index is 0.000000250. The van der Waals surface area contributed by atoms with E-state index in [1.807, 2.05) is 0 Å². The molecule has 1 aliphatic heterocycles. The van der Waals surface area contributed by atoms with E-state index in [9.17, 15) is 0 Å². The summed E-state index contributed by atoms with van der Waals surface area (Å²) in [7, 11) is 0. The molecule has 0 aliphatic carbocycles. The monoisotopic (exact) mass is 280 g/mol. The van der Waals surface area contributed by atoms with Crippen LogP contribution in [0.3, 0.4) is 0 Å². The fraction of sp³-hybridized carbons (Fsp3) is 1.00. The van der Waals surface area contributed by atoms with Crippen molar-refractivity contribution in [1.82, 2.24) is 0 Å². The van der Waals surface area contributed by atoms with Crippen LogP contribution in [0.5, 0.6) is 0 Å². The molecule has 1 aliphatic rings. The molecule has 0 spiro atoms. The normalized spacial score (nSPS) is 20.0. The van der Waals surface area contributed by atoms with Crippen molar-refractivity contribution in [2.45, 2.75) is 12.8 Å². The zero-order valence-electron chi connectivity index (χ0n) is 3.74. The number of rotatable bonds is 0. The largest absolute Gasteiger partial charge is 0.381 e. The summed E-state index contributed by atoms with van der Waals surface area (Å²) >= 11 is 0. The van der Waals surface area contributed by atoms with Crippen molar-refractivity contribution in [3.8, 4) is 0 Å². The second-order valence-corrected chi connectivity index (χ2v) is 1.32. The Labute approximate surface area is 58.2 Å². The van der Waals surface area contributed by atoms with Crippen LogP contribution in [0.25, 0.3) is 0 Å². The van der Waals surface area contributed by atoms with Gasteiger partial charge in [0, 0.05) is 40.5 Å². The van der Waals surface area contributed by atoms with E-state index in [0.29, 0.717) is 0 Å². The van der Waals surface area contributed by atoms with Crippen LogP contribution in [0, 0.1) is 0 Å². The SMILES string of the molecule is C1CCOC1.[Pb]. The molecule has 1 saturated heterocycles. The van der Waals surface area contributed by atoms with E-state index < -0.39 is 0 Å². The van der Waals surface area contributed by atoms with E-state index in [1.54, 1.807) is 0 Å². The van der Waals surface area contributed by atoms with Gasteiger partial charge in [0.2, 0.25) is 0 Å². The average molecular weight is 279 g/mol. The molecular weight excluding hydrogens is 271 g/mol. The van der Waals surface area contributed by atoms with Gasteiger partial charge >= 0.3 is 0 Å². The van der Waals surface area contributed by atoms with E-state index in [0.717, 1.165) is 13.2 Å². The first-order chi connectivity index (χ1) is 2.50. The molecule has 2 heteroatoms. The van der Waals surface area contributed by atoms with E-state index >= 15 is 0 Å². The van der Waals surface area contributed by atoms with Crippen LogP contribution in [0.2, 0.25) is 0 Å². The van der Waals surface area contributed by atoms with E-state index in [1.165, 1.54) is 12.8 Å². The topological polar surface area (TPSA) is 9.23 Å². The van der Waals surface area contributed by atoms with E-state index in [4.69, 9.17) is 4.74 Å². The van der Waals surface area contributed by atoms with Crippen molar-refractivity contribution in [3.05, 3.63) is 0 Å². The smallest absolute Gasteiger partial charge is 0.0466 e. The molecule has 1 nitrogen and oxygen atoms in total. The van der Waals surface area contributed by atoms with Gasteiger partial charge in [-0.2, -0.15) is 0 Å². The Kier molecular flexibility index (Phi) is 4.65. The van der Waals surface area contributed by atoms with Crippen molar-refractivity contribution in [1.29, 1.82) is 0 Å². The van der Waals surface area contributed by atoms with Gasteiger partial charge in [-0.05, 0) is 12.8 Å². The molecule has 0 saturated carbocycles. The van der Waals surface area contributed by atoms with Gasteiger partial charge in [0.15, 0.2) is 0 Å². The van der Waals surface area contributed by atoms with Gasteiger partial charge in [-0.15, -0.1) is 0 Å². The molecule has 0 N–H and O–H groups in total. The Bertz CT molecular complexity index is 19.1. The summed E-state index contributed by atoms with van der Waals surface area (Å²) in [4.78, 5) is 0. The second-order valence-electron chi connectivity index (χ2n) is 1.32. The van der Waals surface area contributed by atoms with Crippen molar-refractivity contribution in [2.75, 3.05) is 13.2 Å². The summed E-state index contributed by atoms with van der Waals surface area (Å²) in [6.45, 7) is 2.00. The summed E-state index contributed by atoms with van der Waals surface area (Å²) in [6.07, 6.45) is 2.56. The van der Waals surface area contributed by atoms with E-state index in [2.05, 4.69) is 0 Å². The van der Waals surface area contributed by atoms with Crippen molar-refractivity contribution in [2.24, 2.45) is 0 Å². The van der Waals surface area contributed by atoms with Gasteiger partial charge in [-0.25, -0.2) is 0 Å². The van der Waals surface area contributed by atoms with Gasteiger partial charge in [-0.3, -0.25) is 0 Å². The minimum Gasteiger partial charge on any atom is -0.381 e. The van der Waals surface area contributed by atoms with Crippen molar-refractivity contribution in [3.63, 3.8) is 0 Å². The zero-order chi connectivity index (χ0) is 3.54. The Morgan fingerprint density at radius 1 is 1.00 bits per heavy atom. The van der Waals surface area contributed by atoms with Crippen LogP contribution in [0.15, 0.2) is 0 Å². The molecule has 0 aromatic carbocycles. The first kappa shape index (κ1) is 6.88. The Morgan fingerprint density at radius 3 is 1.67 bits per heavy atom. The maximum atomic E-state index is 4.94. The summed E-state index contributed by atoms with van der Waals surface area (Å²) < 4.78 is 4.94. The molecule has 0 atom stereocenters. The van der Waals surface area contributed by atoms with Gasteiger partial charge in [0.25, 0.3) is 0 Å². The quantitative estimate of drug-likeness (QED) is 0.584. The van der Waals surface area contributed by atoms with Crippen molar-refractivity contribution >= 4 is 27.3 Å². The third kappa shape index (κ3) is 2.13. The molecule has 0 aromatic heterocycles. The van der Waals surface area contributed by atoms with Gasteiger partial charge in [0.05, 0.1) is 0 Å². The van der Waals surface area contributed by atoms with E-state index in [-0.39, 0.29) is 27.3 Å². The molecule has 1 rings (SSSR count).